The first-order valence-electron chi connectivity index (χ1n) is 5.03. The second kappa shape index (κ2) is 4.56. The SMILES string of the molecule is CCc1cccc(-c2csc(S(=O)(=O)O)n2)c1. The van der Waals surface area contributed by atoms with Crippen molar-refractivity contribution in [2.24, 2.45) is 0 Å². The van der Waals surface area contributed by atoms with Crippen LogP contribution < -0.4 is 0 Å². The fraction of sp³-hybridized carbons (Fsp3) is 0.182. The second-order valence-electron chi connectivity index (χ2n) is 3.53. The molecule has 90 valence electrons. The molecule has 0 aliphatic carbocycles. The van der Waals surface area contributed by atoms with Crippen molar-refractivity contribution in [2.45, 2.75) is 17.7 Å². The van der Waals surface area contributed by atoms with Gasteiger partial charge in [0, 0.05) is 10.9 Å². The molecule has 2 rings (SSSR count). The van der Waals surface area contributed by atoms with Crippen LogP contribution in [0.5, 0.6) is 0 Å². The molecule has 1 aromatic heterocycles. The zero-order valence-electron chi connectivity index (χ0n) is 9.12. The predicted molar refractivity (Wildman–Crippen MR) is 66.7 cm³/mol. The normalized spacial score (nSPS) is 11.6. The Kier molecular flexibility index (Phi) is 3.28. The maximum atomic E-state index is 10.9. The van der Waals surface area contributed by atoms with E-state index < -0.39 is 10.1 Å². The lowest BCUT2D eigenvalue weighted by Gasteiger charge is -1.99. The van der Waals surface area contributed by atoms with Gasteiger partial charge in [-0.25, -0.2) is 4.98 Å². The van der Waals surface area contributed by atoms with E-state index in [2.05, 4.69) is 4.98 Å². The number of thiazole rings is 1. The first-order valence-corrected chi connectivity index (χ1v) is 7.35. The van der Waals surface area contributed by atoms with E-state index in [1.165, 1.54) is 0 Å². The number of aryl methyl sites for hydroxylation is 1. The van der Waals surface area contributed by atoms with Gasteiger partial charge < -0.3 is 0 Å². The molecule has 0 atom stereocenters. The zero-order chi connectivity index (χ0) is 12.5. The lowest BCUT2D eigenvalue weighted by molar-refractivity contribution is 0.482. The van der Waals surface area contributed by atoms with E-state index in [0.29, 0.717) is 5.69 Å². The van der Waals surface area contributed by atoms with E-state index in [9.17, 15) is 8.42 Å². The molecule has 0 spiro atoms. The van der Waals surface area contributed by atoms with Gasteiger partial charge in [0.1, 0.15) is 0 Å². The Morgan fingerprint density at radius 1 is 1.41 bits per heavy atom. The van der Waals surface area contributed by atoms with Crippen LogP contribution >= 0.6 is 11.3 Å². The summed E-state index contributed by atoms with van der Waals surface area (Å²) in [4.78, 5) is 3.91. The summed E-state index contributed by atoms with van der Waals surface area (Å²) in [5, 5.41) is 1.62. The number of aromatic nitrogens is 1. The minimum atomic E-state index is -4.20. The highest BCUT2D eigenvalue weighted by molar-refractivity contribution is 7.87. The molecule has 0 bridgehead atoms. The second-order valence-corrected chi connectivity index (χ2v) is 5.98. The van der Waals surface area contributed by atoms with Crippen molar-refractivity contribution in [1.29, 1.82) is 0 Å². The highest BCUT2D eigenvalue weighted by Gasteiger charge is 2.15. The van der Waals surface area contributed by atoms with Gasteiger partial charge in [-0.05, 0) is 18.1 Å². The summed E-state index contributed by atoms with van der Waals surface area (Å²) in [5.41, 5.74) is 2.58. The van der Waals surface area contributed by atoms with Crippen molar-refractivity contribution >= 4 is 21.5 Å². The molecule has 0 aliphatic heterocycles. The topological polar surface area (TPSA) is 67.3 Å². The van der Waals surface area contributed by atoms with E-state index in [-0.39, 0.29) is 4.34 Å². The van der Waals surface area contributed by atoms with Gasteiger partial charge in [0.15, 0.2) is 0 Å². The van der Waals surface area contributed by atoms with Crippen molar-refractivity contribution in [1.82, 2.24) is 4.98 Å². The van der Waals surface area contributed by atoms with E-state index in [4.69, 9.17) is 4.55 Å². The average molecular weight is 269 g/mol. The Hall–Kier alpha value is -1.24. The molecule has 17 heavy (non-hydrogen) atoms. The highest BCUT2D eigenvalue weighted by atomic mass is 32.3. The fourth-order valence-electron chi connectivity index (χ4n) is 1.46. The number of hydrogen-bond acceptors (Lipinski definition) is 4. The minimum Gasteiger partial charge on any atom is -0.280 e. The molecule has 0 unspecified atom stereocenters. The number of benzene rings is 1. The van der Waals surface area contributed by atoms with Crippen molar-refractivity contribution in [3.05, 3.63) is 35.2 Å². The zero-order valence-corrected chi connectivity index (χ0v) is 10.8. The van der Waals surface area contributed by atoms with Crippen LogP contribution in [0.2, 0.25) is 0 Å². The van der Waals surface area contributed by atoms with Gasteiger partial charge in [0.2, 0.25) is 4.34 Å². The van der Waals surface area contributed by atoms with Crippen LogP contribution in [-0.4, -0.2) is 18.0 Å². The molecule has 1 N–H and O–H groups in total. The van der Waals surface area contributed by atoms with Crippen molar-refractivity contribution in [2.75, 3.05) is 0 Å². The van der Waals surface area contributed by atoms with Gasteiger partial charge in [-0.1, -0.05) is 25.1 Å². The van der Waals surface area contributed by atoms with Crippen LogP contribution in [0, 0.1) is 0 Å². The van der Waals surface area contributed by atoms with Crippen molar-refractivity contribution in [3.8, 4) is 11.3 Å². The lowest BCUT2D eigenvalue weighted by atomic mass is 10.1. The highest BCUT2D eigenvalue weighted by Crippen LogP contribution is 2.25. The molecule has 0 amide bonds. The largest absolute Gasteiger partial charge is 0.322 e. The van der Waals surface area contributed by atoms with E-state index in [1.54, 1.807) is 5.38 Å². The fourth-order valence-corrected chi connectivity index (χ4v) is 2.86. The quantitative estimate of drug-likeness (QED) is 0.870. The molecule has 2 aromatic rings. The molecule has 0 saturated heterocycles. The first kappa shape index (κ1) is 12.2. The molecule has 1 heterocycles. The van der Waals surface area contributed by atoms with Crippen LogP contribution in [0.4, 0.5) is 0 Å². The van der Waals surface area contributed by atoms with Crippen molar-refractivity contribution < 1.29 is 13.0 Å². The molecule has 1 aromatic carbocycles. The number of hydrogen-bond donors (Lipinski definition) is 1. The van der Waals surface area contributed by atoms with E-state index in [1.807, 2.05) is 31.2 Å². The minimum absolute atomic E-state index is 0.269. The Morgan fingerprint density at radius 3 is 2.76 bits per heavy atom. The van der Waals surface area contributed by atoms with Gasteiger partial charge in [0.25, 0.3) is 0 Å². The molecular formula is C11H11NO3S2. The summed E-state index contributed by atoms with van der Waals surface area (Å²) < 4.78 is 30.4. The summed E-state index contributed by atoms with van der Waals surface area (Å²) in [6.07, 6.45) is 0.906. The third-order valence-corrected chi connectivity index (χ3v) is 4.42. The van der Waals surface area contributed by atoms with Crippen LogP contribution in [0.3, 0.4) is 0 Å². The third kappa shape index (κ3) is 2.71. The smallest absolute Gasteiger partial charge is 0.280 e. The molecule has 0 aliphatic rings. The van der Waals surface area contributed by atoms with Gasteiger partial charge >= 0.3 is 10.1 Å². The van der Waals surface area contributed by atoms with E-state index >= 15 is 0 Å². The predicted octanol–water partition coefficient (Wildman–Crippen LogP) is 2.62. The standard InChI is InChI=1S/C11H11NO3S2/c1-2-8-4-3-5-9(6-8)10-7-16-11(12-10)17(13,14)15/h3-7H,2H2,1H3,(H,13,14,15). The Balaban J connectivity index is 2.43. The molecule has 0 radical (unpaired) electrons. The Morgan fingerprint density at radius 2 is 2.18 bits per heavy atom. The van der Waals surface area contributed by atoms with Crippen LogP contribution in [0.25, 0.3) is 11.3 Å². The maximum Gasteiger partial charge on any atom is 0.322 e. The lowest BCUT2D eigenvalue weighted by Crippen LogP contribution is -1.96. The Labute approximate surface area is 104 Å². The molecule has 0 saturated carbocycles. The maximum absolute atomic E-state index is 10.9. The van der Waals surface area contributed by atoms with E-state index in [0.717, 1.165) is 28.9 Å². The number of nitrogens with zero attached hydrogens (tertiary/aromatic N) is 1. The summed E-state index contributed by atoms with van der Waals surface area (Å²) >= 11 is 0.916. The van der Waals surface area contributed by atoms with Crippen molar-refractivity contribution in [3.63, 3.8) is 0 Å². The molecule has 0 fully saturated rings. The molecule has 4 nitrogen and oxygen atoms in total. The monoisotopic (exact) mass is 269 g/mol. The van der Waals surface area contributed by atoms with Gasteiger partial charge in [-0.3, -0.25) is 4.55 Å². The summed E-state index contributed by atoms with van der Waals surface area (Å²) in [6.45, 7) is 2.05. The van der Waals surface area contributed by atoms with Gasteiger partial charge in [-0.15, -0.1) is 11.3 Å². The summed E-state index contributed by atoms with van der Waals surface area (Å²) in [5.74, 6) is 0. The van der Waals surface area contributed by atoms with Gasteiger partial charge in [-0.2, -0.15) is 8.42 Å². The molecule has 6 heteroatoms. The number of rotatable bonds is 3. The van der Waals surface area contributed by atoms with Crippen LogP contribution in [-0.2, 0) is 16.5 Å². The van der Waals surface area contributed by atoms with Gasteiger partial charge in [0.05, 0.1) is 5.69 Å². The molecular weight excluding hydrogens is 258 g/mol. The third-order valence-electron chi connectivity index (χ3n) is 2.33. The first-order chi connectivity index (χ1) is 8.00. The average Bonchev–Trinajstić information content (AvgIpc) is 2.78. The summed E-state index contributed by atoms with van der Waals surface area (Å²) in [6, 6.07) is 7.73. The Bertz CT molecular complexity index is 632. The summed E-state index contributed by atoms with van der Waals surface area (Å²) in [7, 11) is -4.20. The van der Waals surface area contributed by atoms with Crippen LogP contribution in [0.1, 0.15) is 12.5 Å². The van der Waals surface area contributed by atoms with Crippen LogP contribution in [0.15, 0.2) is 34.0 Å².